The highest BCUT2D eigenvalue weighted by molar-refractivity contribution is 5.82. The lowest BCUT2D eigenvalue weighted by molar-refractivity contribution is -0.119. The number of nitrogens with zero attached hydrogens (tertiary/aromatic N) is 2. The molecule has 104 valence electrons. The minimum Gasteiger partial charge on any atom is -0.490 e. The zero-order valence-corrected chi connectivity index (χ0v) is 11.6. The zero-order valence-electron chi connectivity index (χ0n) is 11.6. The van der Waals surface area contributed by atoms with Gasteiger partial charge in [0, 0.05) is 13.1 Å². The van der Waals surface area contributed by atoms with Crippen molar-refractivity contribution in [3.63, 3.8) is 0 Å². The highest BCUT2D eigenvalue weighted by Gasteiger charge is 2.19. The van der Waals surface area contributed by atoms with Crippen LogP contribution in [0.15, 0.2) is 24.3 Å². The fraction of sp³-hybridized carbons (Fsp3) is 0.500. The number of fused-ring (bicyclic) bond motifs is 1. The first-order valence-corrected chi connectivity index (χ1v) is 6.55. The molecule has 0 fully saturated rings. The molecule has 2 rings (SSSR count). The molecular formula is C14H21N3O2. The van der Waals surface area contributed by atoms with Crippen molar-refractivity contribution in [3.05, 3.63) is 24.3 Å². The number of carbonyl (C=O) groups excluding carboxylic acids is 1. The van der Waals surface area contributed by atoms with Gasteiger partial charge in [0.1, 0.15) is 12.4 Å². The van der Waals surface area contributed by atoms with Crippen molar-refractivity contribution in [2.24, 2.45) is 0 Å². The van der Waals surface area contributed by atoms with Gasteiger partial charge in [-0.3, -0.25) is 4.79 Å². The van der Waals surface area contributed by atoms with Gasteiger partial charge in [-0.15, -0.1) is 0 Å². The topological polar surface area (TPSA) is 44.8 Å². The van der Waals surface area contributed by atoms with E-state index in [1.54, 1.807) is 0 Å². The summed E-state index contributed by atoms with van der Waals surface area (Å²) in [6.45, 7) is 3.29. The Labute approximate surface area is 114 Å². The van der Waals surface area contributed by atoms with Crippen molar-refractivity contribution in [1.29, 1.82) is 0 Å². The van der Waals surface area contributed by atoms with Crippen LogP contribution in [0.4, 0.5) is 5.69 Å². The maximum Gasteiger partial charge on any atom is 0.239 e. The SMILES string of the molecule is CN(C)CCNC(=O)CN1CCOc2ccccc21. The number of hydrogen-bond acceptors (Lipinski definition) is 4. The molecule has 5 nitrogen and oxygen atoms in total. The average Bonchev–Trinajstić information content (AvgIpc) is 2.39. The van der Waals surface area contributed by atoms with E-state index in [9.17, 15) is 4.79 Å². The second-order valence-electron chi connectivity index (χ2n) is 4.89. The van der Waals surface area contributed by atoms with E-state index >= 15 is 0 Å². The molecule has 0 saturated heterocycles. The Morgan fingerprint density at radius 3 is 3.00 bits per heavy atom. The summed E-state index contributed by atoms with van der Waals surface area (Å²) in [7, 11) is 3.98. The molecule has 1 aromatic rings. The Morgan fingerprint density at radius 1 is 1.42 bits per heavy atom. The lowest BCUT2D eigenvalue weighted by atomic mass is 10.2. The molecule has 1 N–H and O–H groups in total. The van der Waals surface area contributed by atoms with Gasteiger partial charge in [0.05, 0.1) is 18.8 Å². The normalized spacial score (nSPS) is 13.9. The first-order chi connectivity index (χ1) is 9.16. The lowest BCUT2D eigenvalue weighted by Crippen LogP contribution is -2.42. The Bertz CT molecular complexity index is 434. The molecule has 1 heterocycles. The molecule has 0 unspecified atom stereocenters. The number of nitrogens with one attached hydrogen (secondary N) is 1. The lowest BCUT2D eigenvalue weighted by Gasteiger charge is -2.30. The van der Waals surface area contributed by atoms with Crippen molar-refractivity contribution in [2.45, 2.75) is 0 Å². The molecule has 1 aliphatic rings. The first-order valence-electron chi connectivity index (χ1n) is 6.55. The summed E-state index contributed by atoms with van der Waals surface area (Å²) < 4.78 is 5.57. The molecular weight excluding hydrogens is 242 g/mol. The van der Waals surface area contributed by atoms with Crippen LogP contribution in [0.2, 0.25) is 0 Å². The van der Waals surface area contributed by atoms with Gasteiger partial charge in [0.25, 0.3) is 0 Å². The maximum atomic E-state index is 11.9. The summed E-state index contributed by atoms with van der Waals surface area (Å²) in [6.07, 6.45) is 0. The standard InChI is InChI=1S/C14H21N3O2/c1-16(2)8-7-15-14(18)11-17-9-10-19-13-6-4-3-5-12(13)17/h3-6H,7-11H2,1-2H3,(H,15,18). The van der Waals surface area contributed by atoms with E-state index in [1.807, 2.05) is 43.3 Å². The predicted molar refractivity (Wildman–Crippen MR) is 75.7 cm³/mol. The molecule has 0 saturated carbocycles. The van der Waals surface area contributed by atoms with E-state index in [0.717, 1.165) is 24.5 Å². The molecule has 0 aromatic heterocycles. The Kier molecular flexibility index (Phi) is 4.63. The fourth-order valence-electron chi connectivity index (χ4n) is 2.04. The maximum absolute atomic E-state index is 11.9. The minimum absolute atomic E-state index is 0.0542. The highest BCUT2D eigenvalue weighted by atomic mass is 16.5. The minimum atomic E-state index is 0.0542. The van der Waals surface area contributed by atoms with Crippen LogP contribution in [0.1, 0.15) is 0 Å². The number of benzene rings is 1. The van der Waals surface area contributed by atoms with Crippen LogP contribution in [0.25, 0.3) is 0 Å². The number of ether oxygens (including phenoxy) is 1. The number of likely N-dealkylation sites (N-methyl/N-ethyl adjacent to an activating group) is 1. The van der Waals surface area contributed by atoms with Crippen molar-refractivity contribution in [1.82, 2.24) is 10.2 Å². The second-order valence-corrected chi connectivity index (χ2v) is 4.89. The van der Waals surface area contributed by atoms with E-state index in [4.69, 9.17) is 4.74 Å². The first kappa shape index (κ1) is 13.7. The fourth-order valence-corrected chi connectivity index (χ4v) is 2.04. The third-order valence-electron chi connectivity index (χ3n) is 3.04. The summed E-state index contributed by atoms with van der Waals surface area (Å²) in [5, 5.41) is 2.93. The van der Waals surface area contributed by atoms with Crippen molar-refractivity contribution in [2.75, 3.05) is 51.8 Å². The molecule has 0 aliphatic carbocycles. The molecule has 1 amide bonds. The third-order valence-corrected chi connectivity index (χ3v) is 3.04. The van der Waals surface area contributed by atoms with E-state index in [0.29, 0.717) is 19.7 Å². The van der Waals surface area contributed by atoms with Crippen LogP contribution < -0.4 is 15.0 Å². The number of carbonyl (C=O) groups is 1. The molecule has 1 aromatic carbocycles. The van der Waals surface area contributed by atoms with Crippen molar-refractivity contribution < 1.29 is 9.53 Å². The van der Waals surface area contributed by atoms with Gasteiger partial charge in [0.2, 0.25) is 5.91 Å². The van der Waals surface area contributed by atoms with Crippen LogP contribution in [0.5, 0.6) is 5.75 Å². The molecule has 0 atom stereocenters. The van der Waals surface area contributed by atoms with E-state index in [-0.39, 0.29) is 5.91 Å². The Hall–Kier alpha value is -1.75. The van der Waals surface area contributed by atoms with Gasteiger partial charge in [0.15, 0.2) is 0 Å². The molecule has 0 bridgehead atoms. The summed E-state index contributed by atoms with van der Waals surface area (Å²) in [5.74, 6) is 0.911. The van der Waals surface area contributed by atoms with Gasteiger partial charge >= 0.3 is 0 Å². The third kappa shape index (κ3) is 3.86. The molecule has 19 heavy (non-hydrogen) atoms. The number of para-hydroxylation sites is 2. The molecule has 1 aliphatic heterocycles. The summed E-state index contributed by atoms with van der Waals surface area (Å²) in [4.78, 5) is 16.0. The van der Waals surface area contributed by atoms with Crippen molar-refractivity contribution >= 4 is 11.6 Å². The van der Waals surface area contributed by atoms with Crippen LogP contribution in [0.3, 0.4) is 0 Å². The summed E-state index contributed by atoms with van der Waals surface area (Å²) in [5.41, 5.74) is 0.997. The number of hydrogen-bond donors (Lipinski definition) is 1. The Morgan fingerprint density at radius 2 is 2.21 bits per heavy atom. The highest BCUT2D eigenvalue weighted by Crippen LogP contribution is 2.30. The number of anilines is 1. The van der Waals surface area contributed by atoms with Crippen molar-refractivity contribution in [3.8, 4) is 5.75 Å². The largest absolute Gasteiger partial charge is 0.490 e. The van der Waals surface area contributed by atoms with Crippen LogP contribution >= 0.6 is 0 Å². The van der Waals surface area contributed by atoms with E-state index in [2.05, 4.69) is 10.2 Å². The van der Waals surface area contributed by atoms with E-state index < -0.39 is 0 Å². The molecule has 0 radical (unpaired) electrons. The van der Waals surface area contributed by atoms with E-state index in [1.165, 1.54) is 0 Å². The summed E-state index contributed by atoms with van der Waals surface area (Å²) in [6, 6.07) is 7.83. The number of rotatable bonds is 5. The average molecular weight is 263 g/mol. The predicted octanol–water partition coefficient (Wildman–Crippen LogP) is 0.563. The van der Waals surface area contributed by atoms with Gasteiger partial charge in [-0.2, -0.15) is 0 Å². The van der Waals surface area contributed by atoms with Crippen LogP contribution in [-0.4, -0.2) is 57.7 Å². The monoisotopic (exact) mass is 263 g/mol. The number of amides is 1. The zero-order chi connectivity index (χ0) is 13.7. The van der Waals surface area contributed by atoms with Gasteiger partial charge in [-0.05, 0) is 26.2 Å². The van der Waals surface area contributed by atoms with Gasteiger partial charge in [-0.25, -0.2) is 0 Å². The Balaban J connectivity index is 1.88. The molecule has 5 heteroatoms. The second kappa shape index (κ2) is 6.43. The van der Waals surface area contributed by atoms with Gasteiger partial charge < -0.3 is 19.9 Å². The summed E-state index contributed by atoms with van der Waals surface area (Å²) >= 11 is 0. The van der Waals surface area contributed by atoms with Gasteiger partial charge in [-0.1, -0.05) is 12.1 Å². The van der Waals surface area contributed by atoms with Crippen LogP contribution in [0, 0.1) is 0 Å². The molecule has 0 spiro atoms. The van der Waals surface area contributed by atoms with Crippen LogP contribution in [-0.2, 0) is 4.79 Å². The smallest absolute Gasteiger partial charge is 0.239 e. The quantitative estimate of drug-likeness (QED) is 0.843.